The molecule has 132 valence electrons. The van der Waals surface area contributed by atoms with Crippen molar-refractivity contribution in [1.82, 2.24) is 0 Å². The van der Waals surface area contributed by atoms with Gasteiger partial charge < -0.3 is 18.5 Å². The van der Waals surface area contributed by atoms with E-state index in [1.54, 1.807) is 0 Å². The number of hydrogen-bond acceptors (Lipinski definition) is 5. The number of rotatable bonds is 12. The lowest BCUT2D eigenvalue weighted by Crippen LogP contribution is -2.54. The summed E-state index contributed by atoms with van der Waals surface area (Å²) in [6, 6.07) is 0. The molecule has 0 spiro atoms. The van der Waals surface area contributed by atoms with E-state index in [9.17, 15) is 13.0 Å². The summed E-state index contributed by atoms with van der Waals surface area (Å²) in [4.78, 5) is 0. The number of likely N-dealkylation sites (tertiary alicyclic amines) is 1. The Morgan fingerprint density at radius 2 is 1.59 bits per heavy atom. The van der Waals surface area contributed by atoms with E-state index in [1.807, 2.05) is 0 Å². The van der Waals surface area contributed by atoms with Gasteiger partial charge in [-0.25, -0.2) is 8.42 Å². The Kier molecular flexibility index (Phi) is 9.51. The molecule has 1 saturated heterocycles. The second-order valence-electron chi connectivity index (χ2n) is 6.14. The predicted molar refractivity (Wildman–Crippen MR) is 84.7 cm³/mol. The Hall–Kier alpha value is -0.210. The molecule has 0 amide bonds. The highest BCUT2D eigenvalue weighted by Crippen LogP contribution is 2.19. The molecule has 0 aromatic rings. The van der Waals surface area contributed by atoms with Gasteiger partial charge in [-0.1, -0.05) is 6.92 Å². The summed E-state index contributed by atoms with van der Waals surface area (Å²) < 4.78 is 44.2. The largest absolute Gasteiger partial charge is 0.748 e. The predicted octanol–water partition coefficient (Wildman–Crippen LogP) is 1.37. The first kappa shape index (κ1) is 19.8. The van der Waals surface area contributed by atoms with Gasteiger partial charge in [-0.05, 0) is 25.7 Å². The molecule has 0 unspecified atom stereocenters. The first-order valence-electron chi connectivity index (χ1n) is 8.42. The van der Waals surface area contributed by atoms with Crippen LogP contribution in [0, 0.1) is 0 Å². The van der Waals surface area contributed by atoms with Crippen LogP contribution in [0.2, 0.25) is 0 Å². The molecule has 0 saturated carbocycles. The van der Waals surface area contributed by atoms with Crippen LogP contribution in [0.15, 0.2) is 0 Å². The lowest BCUT2D eigenvalue weighted by molar-refractivity contribution is -0.932. The molecule has 1 fully saturated rings. The van der Waals surface area contributed by atoms with Crippen LogP contribution in [0.4, 0.5) is 0 Å². The number of quaternary nitrogens is 1. The summed E-state index contributed by atoms with van der Waals surface area (Å²) >= 11 is 0. The van der Waals surface area contributed by atoms with E-state index in [0.29, 0.717) is 26.2 Å². The Bertz CT molecular complexity index is 379. The van der Waals surface area contributed by atoms with Crippen LogP contribution < -0.4 is 0 Å². The van der Waals surface area contributed by atoms with E-state index in [2.05, 4.69) is 6.92 Å². The van der Waals surface area contributed by atoms with E-state index < -0.39 is 10.1 Å². The SMILES string of the molecule is CCCOCCOCC[N+]1(CCCS(=O)(=O)[O-])CCCCC1. The third-order valence-electron chi connectivity index (χ3n) is 4.22. The minimum atomic E-state index is -4.10. The van der Waals surface area contributed by atoms with Crippen molar-refractivity contribution in [2.24, 2.45) is 0 Å². The fourth-order valence-electron chi connectivity index (χ4n) is 3.04. The fraction of sp³-hybridized carbons (Fsp3) is 1.00. The standard InChI is InChI=1S/C15H31NO5S/c1-2-11-20-13-14-21-12-10-16(7-4-3-5-8-16)9-6-15-22(17,18)19/h2-15H2,1H3. The second kappa shape index (κ2) is 10.5. The number of hydrogen-bond donors (Lipinski definition) is 0. The van der Waals surface area contributed by atoms with Crippen LogP contribution >= 0.6 is 0 Å². The minimum absolute atomic E-state index is 0.251. The third kappa shape index (κ3) is 9.05. The van der Waals surface area contributed by atoms with Crippen LogP contribution in [0.1, 0.15) is 39.0 Å². The van der Waals surface area contributed by atoms with Gasteiger partial charge in [0.25, 0.3) is 0 Å². The van der Waals surface area contributed by atoms with Gasteiger partial charge in [-0.15, -0.1) is 0 Å². The third-order valence-corrected chi connectivity index (χ3v) is 5.01. The first-order valence-corrected chi connectivity index (χ1v) is 9.99. The van der Waals surface area contributed by atoms with Crippen LogP contribution in [0.5, 0.6) is 0 Å². The molecule has 1 heterocycles. The molecule has 0 radical (unpaired) electrons. The van der Waals surface area contributed by atoms with E-state index >= 15 is 0 Å². The molecule has 0 N–H and O–H groups in total. The van der Waals surface area contributed by atoms with Crippen molar-refractivity contribution >= 4 is 10.1 Å². The summed E-state index contributed by atoms with van der Waals surface area (Å²) in [5, 5.41) is 0. The van der Waals surface area contributed by atoms with Crippen molar-refractivity contribution in [2.45, 2.75) is 39.0 Å². The molecule has 7 heteroatoms. The average molecular weight is 337 g/mol. The highest BCUT2D eigenvalue weighted by molar-refractivity contribution is 7.85. The Morgan fingerprint density at radius 1 is 0.955 bits per heavy atom. The van der Waals surface area contributed by atoms with Gasteiger partial charge in [-0.3, -0.25) is 0 Å². The summed E-state index contributed by atoms with van der Waals surface area (Å²) in [5.74, 6) is -0.251. The highest BCUT2D eigenvalue weighted by Gasteiger charge is 2.29. The van der Waals surface area contributed by atoms with Crippen LogP contribution in [-0.2, 0) is 19.6 Å². The molecule has 0 aromatic heterocycles. The van der Waals surface area contributed by atoms with Gasteiger partial charge in [0.15, 0.2) is 0 Å². The maximum Gasteiger partial charge on any atom is 0.102 e. The number of piperidine rings is 1. The molecule has 0 aliphatic carbocycles. The molecule has 0 atom stereocenters. The number of ether oxygens (including phenoxy) is 2. The zero-order valence-corrected chi connectivity index (χ0v) is 14.6. The summed E-state index contributed by atoms with van der Waals surface area (Å²) in [6.07, 6.45) is 5.05. The lowest BCUT2D eigenvalue weighted by atomic mass is 10.1. The summed E-state index contributed by atoms with van der Waals surface area (Å²) in [5.41, 5.74) is 0. The van der Waals surface area contributed by atoms with E-state index in [0.717, 1.165) is 43.7 Å². The van der Waals surface area contributed by atoms with Gasteiger partial charge in [0, 0.05) is 18.8 Å². The highest BCUT2D eigenvalue weighted by atomic mass is 32.2. The van der Waals surface area contributed by atoms with Crippen molar-refractivity contribution in [2.75, 3.05) is 58.4 Å². The van der Waals surface area contributed by atoms with Crippen molar-refractivity contribution in [3.63, 3.8) is 0 Å². The van der Waals surface area contributed by atoms with Crippen molar-refractivity contribution in [3.05, 3.63) is 0 Å². The summed E-state index contributed by atoms with van der Waals surface area (Å²) in [6.45, 7) is 8.53. The molecule has 0 bridgehead atoms. The van der Waals surface area contributed by atoms with Crippen molar-refractivity contribution < 1.29 is 26.9 Å². The lowest BCUT2D eigenvalue weighted by Gasteiger charge is -2.41. The summed E-state index contributed by atoms with van der Waals surface area (Å²) in [7, 11) is -4.10. The first-order chi connectivity index (χ1) is 10.5. The molecular formula is C15H31NO5S. The zero-order valence-electron chi connectivity index (χ0n) is 13.8. The Labute approximate surface area is 135 Å². The second-order valence-corrected chi connectivity index (χ2v) is 7.66. The van der Waals surface area contributed by atoms with E-state index in [1.165, 1.54) is 19.3 Å². The fourth-order valence-corrected chi connectivity index (χ4v) is 3.53. The van der Waals surface area contributed by atoms with E-state index in [-0.39, 0.29) is 5.75 Å². The molecule has 0 aromatic carbocycles. The van der Waals surface area contributed by atoms with Gasteiger partial charge >= 0.3 is 0 Å². The Morgan fingerprint density at radius 3 is 2.18 bits per heavy atom. The molecule has 1 aliphatic rings. The normalized spacial score (nSPS) is 18.5. The van der Waals surface area contributed by atoms with Gasteiger partial charge in [-0.2, -0.15) is 0 Å². The van der Waals surface area contributed by atoms with Crippen molar-refractivity contribution in [1.29, 1.82) is 0 Å². The minimum Gasteiger partial charge on any atom is -0.748 e. The monoisotopic (exact) mass is 337 g/mol. The van der Waals surface area contributed by atoms with Crippen LogP contribution in [0.3, 0.4) is 0 Å². The molecule has 22 heavy (non-hydrogen) atoms. The van der Waals surface area contributed by atoms with Crippen molar-refractivity contribution in [3.8, 4) is 0 Å². The smallest absolute Gasteiger partial charge is 0.102 e. The quantitative estimate of drug-likeness (QED) is 0.305. The zero-order chi connectivity index (χ0) is 16.3. The maximum absolute atomic E-state index is 10.8. The van der Waals surface area contributed by atoms with Gasteiger partial charge in [0.1, 0.15) is 6.54 Å². The molecule has 1 aliphatic heterocycles. The molecule has 6 nitrogen and oxygen atoms in total. The topological polar surface area (TPSA) is 75.7 Å². The van der Waals surface area contributed by atoms with E-state index in [4.69, 9.17) is 9.47 Å². The average Bonchev–Trinajstić information content (AvgIpc) is 2.46. The Balaban J connectivity index is 2.27. The molecule has 1 rings (SSSR count). The maximum atomic E-state index is 10.8. The van der Waals surface area contributed by atoms with Gasteiger partial charge in [0.2, 0.25) is 0 Å². The van der Waals surface area contributed by atoms with Crippen LogP contribution in [-0.4, -0.2) is 75.8 Å². The number of nitrogens with zero attached hydrogens (tertiary/aromatic N) is 1. The van der Waals surface area contributed by atoms with Crippen LogP contribution in [0.25, 0.3) is 0 Å². The van der Waals surface area contributed by atoms with Gasteiger partial charge in [0.05, 0.1) is 49.6 Å². The molecular weight excluding hydrogens is 306 g/mol.